The van der Waals surface area contributed by atoms with Crippen molar-refractivity contribution in [3.63, 3.8) is 0 Å². The number of amides is 4. The lowest BCUT2D eigenvalue weighted by molar-refractivity contribution is -0.131. The van der Waals surface area contributed by atoms with Crippen LogP contribution >= 0.6 is 31.9 Å². The summed E-state index contributed by atoms with van der Waals surface area (Å²) in [4.78, 5) is 37.1. The second-order valence-corrected chi connectivity index (χ2v) is 7.50. The molecule has 6 nitrogen and oxygen atoms in total. The summed E-state index contributed by atoms with van der Waals surface area (Å²) in [7, 11) is 0. The zero-order chi connectivity index (χ0) is 17.1. The predicted octanol–water partition coefficient (Wildman–Crippen LogP) is 3.12. The molecule has 1 fully saturated rings. The Bertz CT molecular complexity index is 649. The number of benzene rings is 1. The zero-order valence-corrected chi connectivity index (χ0v) is 15.9. The first kappa shape index (κ1) is 17.9. The van der Waals surface area contributed by atoms with Gasteiger partial charge in [0.25, 0.3) is 5.91 Å². The van der Waals surface area contributed by atoms with Gasteiger partial charge in [0.05, 0.1) is 5.69 Å². The molecular weight excluding hydrogens is 430 g/mol. The van der Waals surface area contributed by atoms with E-state index in [1.54, 1.807) is 18.2 Å². The van der Waals surface area contributed by atoms with E-state index in [9.17, 15) is 14.4 Å². The van der Waals surface area contributed by atoms with Crippen molar-refractivity contribution in [3.05, 3.63) is 27.1 Å². The van der Waals surface area contributed by atoms with E-state index in [4.69, 9.17) is 0 Å². The van der Waals surface area contributed by atoms with Crippen molar-refractivity contribution in [2.24, 2.45) is 5.92 Å². The monoisotopic (exact) mass is 445 g/mol. The third-order valence-corrected chi connectivity index (χ3v) is 4.47. The molecule has 2 N–H and O–H groups in total. The molecule has 124 valence electrons. The average Bonchev–Trinajstić information content (AvgIpc) is 2.69. The Morgan fingerprint density at radius 2 is 2.04 bits per heavy atom. The summed E-state index contributed by atoms with van der Waals surface area (Å²) in [6.45, 7) is 3.64. The predicted molar refractivity (Wildman–Crippen MR) is 94.0 cm³/mol. The minimum absolute atomic E-state index is 0.275. The molecule has 0 aromatic heterocycles. The zero-order valence-electron chi connectivity index (χ0n) is 12.7. The molecule has 1 atom stereocenters. The van der Waals surface area contributed by atoms with Gasteiger partial charge in [-0.1, -0.05) is 29.8 Å². The van der Waals surface area contributed by atoms with Gasteiger partial charge in [0.2, 0.25) is 5.91 Å². The molecule has 4 amide bonds. The normalized spacial score (nSPS) is 17.6. The van der Waals surface area contributed by atoms with E-state index in [0.717, 1.165) is 9.37 Å². The van der Waals surface area contributed by atoms with Crippen molar-refractivity contribution in [2.75, 3.05) is 11.9 Å². The number of carbonyl (C=O) groups excluding carboxylic acids is 3. The number of hydrogen-bond donors (Lipinski definition) is 2. The Morgan fingerprint density at radius 1 is 1.35 bits per heavy atom. The number of halogens is 2. The van der Waals surface area contributed by atoms with Crippen LogP contribution in [-0.4, -0.2) is 35.3 Å². The number of rotatable bonds is 5. The molecule has 8 heteroatoms. The molecule has 1 aromatic carbocycles. The maximum absolute atomic E-state index is 12.2. The fourth-order valence-corrected chi connectivity index (χ4v) is 3.43. The fraction of sp³-hybridized carbons (Fsp3) is 0.400. The molecule has 1 aliphatic heterocycles. The van der Waals surface area contributed by atoms with Gasteiger partial charge >= 0.3 is 6.03 Å². The number of hydrogen-bond acceptors (Lipinski definition) is 3. The van der Waals surface area contributed by atoms with Gasteiger partial charge in [0.15, 0.2) is 0 Å². The molecule has 1 saturated heterocycles. The van der Waals surface area contributed by atoms with Crippen LogP contribution in [0.1, 0.15) is 20.3 Å². The molecule has 0 aliphatic carbocycles. The van der Waals surface area contributed by atoms with Gasteiger partial charge in [-0.15, -0.1) is 0 Å². The lowest BCUT2D eigenvalue weighted by atomic mass is 10.0. The van der Waals surface area contributed by atoms with Crippen molar-refractivity contribution in [1.82, 2.24) is 10.2 Å². The molecule has 0 bridgehead atoms. The van der Waals surface area contributed by atoms with E-state index >= 15 is 0 Å². The second-order valence-electron chi connectivity index (χ2n) is 5.73. The average molecular weight is 447 g/mol. The van der Waals surface area contributed by atoms with E-state index in [2.05, 4.69) is 42.5 Å². The van der Waals surface area contributed by atoms with Crippen molar-refractivity contribution >= 4 is 55.4 Å². The van der Waals surface area contributed by atoms with Crippen LogP contribution in [-0.2, 0) is 9.59 Å². The quantitative estimate of drug-likeness (QED) is 0.682. The fourth-order valence-electron chi connectivity index (χ4n) is 2.28. The first-order valence-corrected chi connectivity index (χ1v) is 8.73. The molecule has 0 radical (unpaired) electrons. The molecule has 23 heavy (non-hydrogen) atoms. The second kappa shape index (κ2) is 7.44. The SMILES string of the molecule is CC(C)C[C@@H]1NC(=O)N(CC(=O)Nc2ccc(Br)cc2Br)C1=O. The maximum Gasteiger partial charge on any atom is 0.325 e. The molecule has 2 rings (SSSR count). The Kier molecular flexibility index (Phi) is 5.80. The highest BCUT2D eigenvalue weighted by Gasteiger charge is 2.38. The van der Waals surface area contributed by atoms with Crippen LogP contribution in [0.5, 0.6) is 0 Å². The molecule has 0 spiro atoms. The topological polar surface area (TPSA) is 78.5 Å². The Morgan fingerprint density at radius 3 is 2.65 bits per heavy atom. The summed E-state index contributed by atoms with van der Waals surface area (Å²) in [6.07, 6.45) is 0.557. The number of nitrogens with zero attached hydrogens (tertiary/aromatic N) is 1. The van der Waals surface area contributed by atoms with Crippen LogP contribution < -0.4 is 10.6 Å². The summed E-state index contributed by atoms with van der Waals surface area (Å²) in [5, 5.41) is 5.30. The highest BCUT2D eigenvalue weighted by atomic mass is 79.9. The standard InChI is InChI=1S/C15H17Br2N3O3/c1-8(2)5-12-14(22)20(15(23)19-12)7-13(21)18-11-4-3-9(16)6-10(11)17/h3-4,6,8,12H,5,7H2,1-2H3,(H,18,21)(H,19,23)/t12-/m0/s1. The summed E-state index contributed by atoms with van der Waals surface area (Å²) >= 11 is 6.67. The molecule has 1 aliphatic rings. The van der Waals surface area contributed by atoms with E-state index in [1.165, 1.54) is 0 Å². The van der Waals surface area contributed by atoms with Crippen LogP contribution in [0.15, 0.2) is 27.1 Å². The highest BCUT2D eigenvalue weighted by molar-refractivity contribution is 9.11. The van der Waals surface area contributed by atoms with E-state index in [1.807, 2.05) is 13.8 Å². The molecular formula is C15H17Br2N3O3. The highest BCUT2D eigenvalue weighted by Crippen LogP contribution is 2.26. The Balaban J connectivity index is 1.99. The molecule has 0 saturated carbocycles. The van der Waals surface area contributed by atoms with Crippen LogP contribution in [0.3, 0.4) is 0 Å². The Hall–Kier alpha value is -1.41. The maximum atomic E-state index is 12.2. The number of carbonyl (C=O) groups is 3. The van der Waals surface area contributed by atoms with Gasteiger partial charge in [-0.05, 0) is 46.5 Å². The smallest absolute Gasteiger partial charge is 0.325 e. The number of nitrogens with one attached hydrogen (secondary N) is 2. The number of anilines is 1. The third kappa shape index (κ3) is 4.54. The minimum atomic E-state index is -0.547. The van der Waals surface area contributed by atoms with Crippen LogP contribution in [0.2, 0.25) is 0 Å². The van der Waals surface area contributed by atoms with Crippen LogP contribution in [0.4, 0.5) is 10.5 Å². The van der Waals surface area contributed by atoms with Crippen LogP contribution in [0.25, 0.3) is 0 Å². The van der Waals surface area contributed by atoms with Gasteiger partial charge in [0.1, 0.15) is 12.6 Å². The van der Waals surface area contributed by atoms with Crippen molar-refractivity contribution in [3.8, 4) is 0 Å². The van der Waals surface area contributed by atoms with Gasteiger partial charge in [-0.25, -0.2) is 4.79 Å². The van der Waals surface area contributed by atoms with E-state index in [-0.39, 0.29) is 18.4 Å². The summed E-state index contributed by atoms with van der Waals surface area (Å²) in [5.74, 6) is -0.507. The third-order valence-electron chi connectivity index (χ3n) is 3.32. The lowest BCUT2D eigenvalue weighted by Gasteiger charge is -2.14. The first-order chi connectivity index (χ1) is 10.8. The summed E-state index contributed by atoms with van der Waals surface area (Å²) < 4.78 is 1.57. The van der Waals surface area contributed by atoms with Gasteiger partial charge in [-0.3, -0.25) is 14.5 Å². The lowest BCUT2D eigenvalue weighted by Crippen LogP contribution is -2.38. The van der Waals surface area contributed by atoms with Gasteiger partial charge < -0.3 is 10.6 Å². The molecule has 1 heterocycles. The van der Waals surface area contributed by atoms with E-state index < -0.39 is 18.0 Å². The Labute approximate surface area is 151 Å². The van der Waals surface area contributed by atoms with E-state index in [0.29, 0.717) is 16.6 Å². The first-order valence-electron chi connectivity index (χ1n) is 7.14. The minimum Gasteiger partial charge on any atom is -0.326 e. The van der Waals surface area contributed by atoms with Crippen molar-refractivity contribution < 1.29 is 14.4 Å². The van der Waals surface area contributed by atoms with Gasteiger partial charge in [0, 0.05) is 8.95 Å². The molecule has 1 aromatic rings. The number of imide groups is 1. The van der Waals surface area contributed by atoms with Crippen LogP contribution in [0, 0.1) is 5.92 Å². The van der Waals surface area contributed by atoms with Gasteiger partial charge in [-0.2, -0.15) is 0 Å². The largest absolute Gasteiger partial charge is 0.326 e. The molecule has 0 unspecified atom stereocenters. The number of urea groups is 1. The van der Waals surface area contributed by atoms with Crippen molar-refractivity contribution in [2.45, 2.75) is 26.3 Å². The summed E-state index contributed by atoms with van der Waals surface area (Å²) in [6, 6.07) is 4.23. The van der Waals surface area contributed by atoms with Crippen molar-refractivity contribution in [1.29, 1.82) is 0 Å². The summed E-state index contributed by atoms with van der Waals surface area (Å²) in [5.41, 5.74) is 0.573.